The topological polar surface area (TPSA) is 58.0 Å². The van der Waals surface area contributed by atoms with Crippen LogP contribution in [0.15, 0.2) is 17.9 Å². The zero-order chi connectivity index (χ0) is 16.0. The van der Waals surface area contributed by atoms with Crippen LogP contribution in [0.4, 0.5) is 10.9 Å². The van der Waals surface area contributed by atoms with Gasteiger partial charge in [-0.05, 0) is 0 Å². The molecule has 6 nitrogen and oxygen atoms in total. The Bertz CT molecular complexity index is 666. The van der Waals surface area contributed by atoms with Gasteiger partial charge in [0.15, 0.2) is 0 Å². The molecule has 0 spiro atoms. The third kappa shape index (κ3) is 2.78. The molecule has 2 aliphatic heterocycles. The average Bonchev–Trinajstić information content (AvgIpc) is 3.21. The standard InChI is InChI=1S/C16H22N6S/c1-16(2,3)13-4-14(18-9-17-13)21-5-11-7-22(8-12(11)6-21)15-20-19-10-23-15/h4,9-12H,5-8H2,1-3H3. The Morgan fingerprint density at radius 2 is 1.74 bits per heavy atom. The van der Waals surface area contributed by atoms with Crippen molar-refractivity contribution < 1.29 is 0 Å². The summed E-state index contributed by atoms with van der Waals surface area (Å²) in [7, 11) is 0. The van der Waals surface area contributed by atoms with Gasteiger partial charge in [-0.25, -0.2) is 9.97 Å². The van der Waals surface area contributed by atoms with Gasteiger partial charge in [0.1, 0.15) is 17.7 Å². The first-order valence-electron chi connectivity index (χ1n) is 8.09. The molecule has 122 valence electrons. The van der Waals surface area contributed by atoms with E-state index in [0.29, 0.717) is 11.8 Å². The molecule has 0 N–H and O–H groups in total. The monoisotopic (exact) mass is 330 g/mol. The second-order valence-electron chi connectivity index (χ2n) is 7.56. The van der Waals surface area contributed by atoms with Crippen molar-refractivity contribution in [2.24, 2.45) is 11.8 Å². The number of fused-ring (bicyclic) bond motifs is 1. The lowest BCUT2D eigenvalue weighted by Gasteiger charge is -2.24. The number of hydrogen-bond donors (Lipinski definition) is 0. The third-order valence-electron chi connectivity index (χ3n) is 4.85. The van der Waals surface area contributed by atoms with Crippen molar-refractivity contribution >= 4 is 22.3 Å². The first-order valence-corrected chi connectivity index (χ1v) is 8.97. The van der Waals surface area contributed by atoms with E-state index >= 15 is 0 Å². The van der Waals surface area contributed by atoms with Gasteiger partial charge in [-0.3, -0.25) is 0 Å². The minimum Gasteiger partial charge on any atom is -0.356 e. The van der Waals surface area contributed by atoms with E-state index in [1.807, 2.05) is 5.51 Å². The molecule has 7 heteroatoms. The fourth-order valence-electron chi connectivity index (χ4n) is 3.57. The molecule has 4 rings (SSSR count). The van der Waals surface area contributed by atoms with Crippen LogP contribution >= 0.6 is 11.3 Å². The Balaban J connectivity index is 1.47. The summed E-state index contributed by atoms with van der Waals surface area (Å²) < 4.78 is 0. The Hall–Kier alpha value is -1.76. The fraction of sp³-hybridized carbons (Fsp3) is 0.625. The second-order valence-corrected chi connectivity index (χ2v) is 8.37. The summed E-state index contributed by atoms with van der Waals surface area (Å²) in [5.41, 5.74) is 2.97. The van der Waals surface area contributed by atoms with Gasteiger partial charge in [0.25, 0.3) is 0 Å². The van der Waals surface area contributed by atoms with Crippen LogP contribution < -0.4 is 9.80 Å². The number of rotatable bonds is 2. The summed E-state index contributed by atoms with van der Waals surface area (Å²) in [5, 5.41) is 9.22. The van der Waals surface area contributed by atoms with E-state index in [0.717, 1.165) is 42.8 Å². The molecule has 0 aromatic carbocycles. The van der Waals surface area contributed by atoms with Crippen molar-refractivity contribution in [3.05, 3.63) is 23.6 Å². The molecule has 2 unspecified atom stereocenters. The highest BCUT2D eigenvalue weighted by molar-refractivity contribution is 7.13. The van der Waals surface area contributed by atoms with Crippen molar-refractivity contribution in [1.29, 1.82) is 0 Å². The Kier molecular flexibility index (Phi) is 3.48. The van der Waals surface area contributed by atoms with Gasteiger partial charge >= 0.3 is 0 Å². The van der Waals surface area contributed by atoms with Crippen LogP contribution in [0.3, 0.4) is 0 Å². The van der Waals surface area contributed by atoms with Gasteiger partial charge in [-0.2, -0.15) is 0 Å². The number of nitrogens with zero attached hydrogens (tertiary/aromatic N) is 6. The average molecular weight is 330 g/mol. The summed E-state index contributed by atoms with van der Waals surface area (Å²) in [6.07, 6.45) is 1.71. The molecular weight excluding hydrogens is 308 g/mol. The molecule has 0 amide bonds. The summed E-state index contributed by atoms with van der Waals surface area (Å²) in [6, 6.07) is 2.16. The van der Waals surface area contributed by atoms with Crippen LogP contribution in [0.2, 0.25) is 0 Å². The molecule has 0 saturated carbocycles. The van der Waals surface area contributed by atoms with Gasteiger partial charge in [0.2, 0.25) is 5.13 Å². The predicted molar refractivity (Wildman–Crippen MR) is 92.0 cm³/mol. The summed E-state index contributed by atoms with van der Waals surface area (Å²) >= 11 is 1.63. The van der Waals surface area contributed by atoms with Crippen molar-refractivity contribution in [2.75, 3.05) is 36.0 Å². The van der Waals surface area contributed by atoms with E-state index in [4.69, 9.17) is 0 Å². The molecule has 0 bridgehead atoms. The maximum absolute atomic E-state index is 4.51. The largest absolute Gasteiger partial charge is 0.356 e. The second kappa shape index (κ2) is 5.40. The molecule has 4 heterocycles. The minimum absolute atomic E-state index is 0.0575. The van der Waals surface area contributed by atoms with Crippen LogP contribution in [0.25, 0.3) is 0 Å². The maximum Gasteiger partial charge on any atom is 0.208 e. The third-order valence-corrected chi connectivity index (χ3v) is 5.60. The van der Waals surface area contributed by atoms with E-state index in [1.54, 1.807) is 17.7 Å². The molecule has 0 aliphatic carbocycles. The molecule has 2 saturated heterocycles. The van der Waals surface area contributed by atoms with Crippen molar-refractivity contribution in [1.82, 2.24) is 20.2 Å². The van der Waals surface area contributed by atoms with E-state index in [2.05, 4.69) is 56.8 Å². The van der Waals surface area contributed by atoms with Crippen molar-refractivity contribution in [3.8, 4) is 0 Å². The first-order chi connectivity index (χ1) is 11.0. The molecule has 23 heavy (non-hydrogen) atoms. The number of hydrogen-bond acceptors (Lipinski definition) is 7. The quantitative estimate of drug-likeness (QED) is 0.841. The molecular formula is C16H22N6S. The van der Waals surface area contributed by atoms with Gasteiger partial charge in [0, 0.05) is 49.5 Å². The van der Waals surface area contributed by atoms with Gasteiger partial charge in [0.05, 0.1) is 5.69 Å². The van der Waals surface area contributed by atoms with Gasteiger partial charge < -0.3 is 9.80 Å². The Morgan fingerprint density at radius 1 is 1.04 bits per heavy atom. The van der Waals surface area contributed by atoms with Crippen LogP contribution in [0.5, 0.6) is 0 Å². The predicted octanol–water partition coefficient (Wildman–Crippen LogP) is 2.20. The normalized spacial score (nSPS) is 24.3. The Morgan fingerprint density at radius 3 is 2.35 bits per heavy atom. The molecule has 2 aliphatic rings. The van der Waals surface area contributed by atoms with Gasteiger partial charge in [-0.1, -0.05) is 32.1 Å². The first kappa shape index (κ1) is 14.8. The SMILES string of the molecule is CC(C)(C)c1cc(N2CC3CN(c4nncs4)CC3C2)ncn1. The minimum atomic E-state index is 0.0575. The molecule has 2 aromatic heterocycles. The van der Waals surface area contributed by atoms with Gasteiger partial charge in [-0.15, -0.1) is 10.2 Å². The van der Waals surface area contributed by atoms with Crippen LogP contribution in [0, 0.1) is 11.8 Å². The number of anilines is 2. The molecule has 2 aromatic rings. The van der Waals surface area contributed by atoms with E-state index in [1.165, 1.54) is 0 Å². The highest BCUT2D eigenvalue weighted by Crippen LogP contribution is 2.36. The molecule has 2 fully saturated rings. The molecule has 2 atom stereocenters. The molecule has 0 radical (unpaired) electrons. The highest BCUT2D eigenvalue weighted by atomic mass is 32.1. The number of aromatic nitrogens is 4. The van der Waals surface area contributed by atoms with Crippen molar-refractivity contribution in [2.45, 2.75) is 26.2 Å². The lowest BCUT2D eigenvalue weighted by molar-refractivity contribution is 0.533. The zero-order valence-corrected chi connectivity index (χ0v) is 14.6. The summed E-state index contributed by atoms with van der Waals surface area (Å²) in [4.78, 5) is 13.8. The summed E-state index contributed by atoms with van der Waals surface area (Å²) in [5.74, 6) is 2.45. The van der Waals surface area contributed by atoms with Crippen LogP contribution in [-0.4, -0.2) is 46.3 Å². The van der Waals surface area contributed by atoms with E-state index in [9.17, 15) is 0 Å². The fourth-order valence-corrected chi connectivity index (χ4v) is 4.15. The lowest BCUT2D eigenvalue weighted by Crippen LogP contribution is -2.29. The maximum atomic E-state index is 4.51. The van der Waals surface area contributed by atoms with Crippen LogP contribution in [-0.2, 0) is 5.41 Å². The van der Waals surface area contributed by atoms with Crippen molar-refractivity contribution in [3.63, 3.8) is 0 Å². The van der Waals surface area contributed by atoms with E-state index in [-0.39, 0.29) is 5.41 Å². The summed E-state index contributed by atoms with van der Waals surface area (Å²) in [6.45, 7) is 10.9. The smallest absolute Gasteiger partial charge is 0.208 e. The van der Waals surface area contributed by atoms with E-state index < -0.39 is 0 Å². The lowest BCUT2D eigenvalue weighted by atomic mass is 9.92. The highest BCUT2D eigenvalue weighted by Gasteiger charge is 2.41. The zero-order valence-electron chi connectivity index (χ0n) is 13.8. The van der Waals surface area contributed by atoms with Crippen LogP contribution in [0.1, 0.15) is 26.5 Å². The Labute approximate surface area is 140 Å².